The van der Waals surface area contributed by atoms with Crippen molar-refractivity contribution in [3.8, 4) is 0 Å². The van der Waals surface area contributed by atoms with Gasteiger partial charge in [-0.15, -0.1) is 0 Å². The third kappa shape index (κ3) is 3.97. The molecule has 0 radical (unpaired) electrons. The Balaban J connectivity index is 2.25. The zero-order valence-corrected chi connectivity index (χ0v) is 14.8. The van der Waals surface area contributed by atoms with Gasteiger partial charge in [0.2, 0.25) is 10.0 Å². The van der Waals surface area contributed by atoms with Crippen LogP contribution in [0.4, 0.5) is 5.69 Å². The first kappa shape index (κ1) is 16.7. The number of rotatable bonds is 3. The van der Waals surface area contributed by atoms with Crippen molar-refractivity contribution >= 4 is 31.6 Å². The minimum atomic E-state index is -3.59. The van der Waals surface area contributed by atoms with Crippen LogP contribution in [0, 0.1) is 6.92 Å². The van der Waals surface area contributed by atoms with Gasteiger partial charge in [-0.3, -0.25) is 0 Å². The first-order valence-electron chi connectivity index (χ1n) is 6.83. The highest BCUT2D eigenvalue weighted by atomic mass is 79.9. The lowest BCUT2D eigenvalue weighted by atomic mass is 9.95. The molecule has 1 aromatic carbocycles. The summed E-state index contributed by atoms with van der Waals surface area (Å²) in [5.41, 5.74) is 6.57. The monoisotopic (exact) mass is 376 g/mol. The fourth-order valence-electron chi connectivity index (χ4n) is 2.57. The lowest BCUT2D eigenvalue weighted by Gasteiger charge is -2.35. The minimum Gasteiger partial charge on any atom is -0.398 e. The maximum Gasteiger partial charge on any atom is 0.241 e. The molecular weight excluding hydrogens is 356 g/mol. The number of ether oxygens (including phenoxy) is 1. The maximum atomic E-state index is 12.6. The Hall–Kier alpha value is -0.630. The van der Waals surface area contributed by atoms with Gasteiger partial charge < -0.3 is 10.5 Å². The molecule has 0 bridgehead atoms. The number of nitrogen functional groups attached to an aromatic ring is 1. The van der Waals surface area contributed by atoms with Crippen molar-refractivity contribution in [2.45, 2.75) is 50.2 Å². The zero-order valence-electron chi connectivity index (χ0n) is 12.4. The van der Waals surface area contributed by atoms with Gasteiger partial charge in [-0.1, -0.05) is 0 Å². The molecule has 2 rings (SSSR count). The Kier molecular flexibility index (Phi) is 4.68. The van der Waals surface area contributed by atoms with Gasteiger partial charge in [-0.25, -0.2) is 13.1 Å². The van der Waals surface area contributed by atoms with Crippen molar-refractivity contribution in [3.05, 3.63) is 22.2 Å². The number of aryl methyl sites for hydroxylation is 1. The normalized spacial score (nSPS) is 22.2. The predicted molar refractivity (Wildman–Crippen MR) is 86.7 cm³/mol. The molecule has 118 valence electrons. The number of hydrogen-bond donors (Lipinski definition) is 2. The molecule has 1 unspecified atom stereocenters. The van der Waals surface area contributed by atoms with Crippen LogP contribution in [0.5, 0.6) is 0 Å². The Labute approximate surface area is 134 Å². The van der Waals surface area contributed by atoms with Crippen molar-refractivity contribution in [3.63, 3.8) is 0 Å². The van der Waals surface area contributed by atoms with Gasteiger partial charge in [0.05, 0.1) is 10.5 Å². The average molecular weight is 377 g/mol. The number of anilines is 1. The summed E-state index contributed by atoms with van der Waals surface area (Å²) >= 11 is 3.30. The molecule has 7 heteroatoms. The van der Waals surface area contributed by atoms with Crippen LogP contribution in [-0.4, -0.2) is 26.7 Å². The molecule has 0 amide bonds. The Morgan fingerprint density at radius 1 is 1.43 bits per heavy atom. The summed E-state index contributed by atoms with van der Waals surface area (Å²) in [6.07, 6.45) is 1.32. The van der Waals surface area contributed by atoms with E-state index < -0.39 is 10.0 Å². The smallest absolute Gasteiger partial charge is 0.241 e. The first-order chi connectivity index (χ1) is 9.61. The van der Waals surface area contributed by atoms with Crippen molar-refractivity contribution < 1.29 is 13.2 Å². The van der Waals surface area contributed by atoms with Gasteiger partial charge in [-0.05, 0) is 67.2 Å². The summed E-state index contributed by atoms with van der Waals surface area (Å²) in [6.45, 7) is 6.25. The largest absolute Gasteiger partial charge is 0.398 e. The third-order valence-electron chi connectivity index (χ3n) is 3.60. The van der Waals surface area contributed by atoms with Gasteiger partial charge in [0.25, 0.3) is 0 Å². The number of sulfonamides is 1. The number of nitrogens with two attached hydrogens (primary N) is 1. The molecule has 0 aliphatic carbocycles. The Bertz CT molecular complexity index is 644. The molecule has 1 aromatic rings. The number of benzene rings is 1. The third-order valence-corrected chi connectivity index (χ3v) is 5.95. The molecule has 1 aliphatic heterocycles. The van der Waals surface area contributed by atoms with E-state index in [0.29, 0.717) is 35.2 Å². The van der Waals surface area contributed by atoms with E-state index in [1.807, 2.05) is 13.8 Å². The number of halogens is 1. The second-order valence-electron chi connectivity index (χ2n) is 6.06. The van der Waals surface area contributed by atoms with E-state index in [-0.39, 0.29) is 16.5 Å². The Morgan fingerprint density at radius 3 is 2.71 bits per heavy atom. The molecule has 1 aliphatic rings. The van der Waals surface area contributed by atoms with E-state index >= 15 is 0 Å². The average Bonchev–Trinajstić information content (AvgIpc) is 2.31. The van der Waals surface area contributed by atoms with Gasteiger partial charge in [0.1, 0.15) is 0 Å². The quantitative estimate of drug-likeness (QED) is 0.794. The molecule has 1 fully saturated rings. The molecule has 0 aromatic heterocycles. The summed E-state index contributed by atoms with van der Waals surface area (Å²) in [5.74, 6) is 0. The van der Waals surface area contributed by atoms with E-state index in [2.05, 4.69) is 20.7 Å². The molecule has 0 spiro atoms. The minimum absolute atomic E-state index is 0.122. The van der Waals surface area contributed by atoms with E-state index in [1.165, 1.54) is 6.07 Å². The second kappa shape index (κ2) is 5.87. The Morgan fingerprint density at radius 2 is 2.10 bits per heavy atom. The topological polar surface area (TPSA) is 81.4 Å². The van der Waals surface area contributed by atoms with Crippen LogP contribution in [0.15, 0.2) is 21.5 Å². The molecule has 1 atom stereocenters. The number of hydrogen-bond acceptors (Lipinski definition) is 4. The maximum absolute atomic E-state index is 12.6. The van der Waals surface area contributed by atoms with Crippen LogP contribution in [0.3, 0.4) is 0 Å². The molecule has 5 nitrogen and oxygen atoms in total. The standard InChI is InChI=1S/C14H21BrN2O3S/c1-9-6-11(15)12(16)7-13(9)21(18,19)17-10-4-5-20-14(2,3)8-10/h6-7,10,17H,4-5,8,16H2,1-3H3. The molecule has 1 heterocycles. The van der Waals surface area contributed by atoms with Crippen LogP contribution in [0.25, 0.3) is 0 Å². The van der Waals surface area contributed by atoms with Crippen LogP contribution < -0.4 is 10.5 Å². The van der Waals surface area contributed by atoms with Crippen molar-refractivity contribution in [1.29, 1.82) is 0 Å². The first-order valence-corrected chi connectivity index (χ1v) is 9.10. The molecule has 0 saturated carbocycles. The fourth-order valence-corrected chi connectivity index (χ4v) is 4.56. The summed E-state index contributed by atoms with van der Waals surface area (Å²) in [6, 6.07) is 3.09. The van der Waals surface area contributed by atoms with Crippen LogP contribution in [-0.2, 0) is 14.8 Å². The van der Waals surface area contributed by atoms with Crippen LogP contribution >= 0.6 is 15.9 Å². The highest BCUT2D eigenvalue weighted by Gasteiger charge is 2.32. The van der Waals surface area contributed by atoms with E-state index in [1.54, 1.807) is 13.0 Å². The predicted octanol–water partition coefficient (Wildman–Crippen LogP) is 2.58. The summed E-state index contributed by atoms with van der Waals surface area (Å²) in [5, 5.41) is 0. The summed E-state index contributed by atoms with van der Waals surface area (Å²) < 4.78 is 34.2. The van der Waals surface area contributed by atoms with Crippen molar-refractivity contribution in [1.82, 2.24) is 4.72 Å². The van der Waals surface area contributed by atoms with Gasteiger partial charge in [0.15, 0.2) is 0 Å². The SMILES string of the molecule is Cc1cc(Br)c(N)cc1S(=O)(=O)NC1CCOC(C)(C)C1. The highest BCUT2D eigenvalue weighted by molar-refractivity contribution is 9.10. The van der Waals surface area contributed by atoms with Crippen LogP contribution in [0.2, 0.25) is 0 Å². The van der Waals surface area contributed by atoms with E-state index in [9.17, 15) is 8.42 Å². The van der Waals surface area contributed by atoms with Gasteiger partial charge in [0, 0.05) is 22.8 Å². The lowest BCUT2D eigenvalue weighted by molar-refractivity contribution is -0.0599. The lowest BCUT2D eigenvalue weighted by Crippen LogP contribution is -2.45. The highest BCUT2D eigenvalue weighted by Crippen LogP contribution is 2.29. The summed E-state index contributed by atoms with van der Waals surface area (Å²) in [4.78, 5) is 0.229. The van der Waals surface area contributed by atoms with Gasteiger partial charge in [-0.2, -0.15) is 0 Å². The van der Waals surface area contributed by atoms with Crippen LogP contribution in [0.1, 0.15) is 32.3 Å². The van der Waals surface area contributed by atoms with Crippen molar-refractivity contribution in [2.75, 3.05) is 12.3 Å². The van der Waals surface area contributed by atoms with E-state index in [0.717, 1.165) is 0 Å². The number of nitrogens with one attached hydrogen (secondary N) is 1. The second-order valence-corrected chi connectivity index (χ2v) is 8.60. The molecule has 21 heavy (non-hydrogen) atoms. The molecule has 3 N–H and O–H groups in total. The summed E-state index contributed by atoms with van der Waals surface area (Å²) in [7, 11) is -3.59. The van der Waals surface area contributed by atoms with Crippen molar-refractivity contribution in [2.24, 2.45) is 0 Å². The fraction of sp³-hybridized carbons (Fsp3) is 0.571. The van der Waals surface area contributed by atoms with E-state index in [4.69, 9.17) is 10.5 Å². The zero-order chi connectivity index (χ0) is 15.8. The molecular formula is C14H21BrN2O3S. The molecule has 1 saturated heterocycles. The van der Waals surface area contributed by atoms with Gasteiger partial charge >= 0.3 is 0 Å².